The Labute approximate surface area is 112 Å². The zero-order chi connectivity index (χ0) is 13.3. The highest BCUT2D eigenvalue weighted by Crippen LogP contribution is 2.20. The van der Waals surface area contributed by atoms with Crippen LogP contribution >= 0.6 is 12.2 Å². The lowest BCUT2D eigenvalue weighted by Crippen LogP contribution is -2.33. The lowest BCUT2D eigenvalue weighted by atomic mass is 10.2. The molecular weight excluding hydrogens is 246 g/mol. The molecule has 1 atom stereocenters. The van der Waals surface area contributed by atoms with Crippen LogP contribution in [0.25, 0.3) is 5.52 Å². The zero-order valence-corrected chi connectivity index (χ0v) is 11.6. The average Bonchev–Trinajstić information content (AvgIpc) is 2.66. The van der Waals surface area contributed by atoms with Crippen LogP contribution in [0.4, 0.5) is 5.82 Å². The van der Waals surface area contributed by atoms with Gasteiger partial charge in [0.2, 0.25) is 0 Å². The van der Waals surface area contributed by atoms with E-state index in [1.165, 1.54) is 0 Å². The van der Waals surface area contributed by atoms with E-state index < -0.39 is 0 Å². The van der Waals surface area contributed by atoms with Crippen molar-refractivity contribution in [2.75, 3.05) is 11.9 Å². The number of aryl methyl sites for hydroxylation is 1. The molecule has 6 heteroatoms. The normalized spacial score (nSPS) is 12.6. The fourth-order valence-corrected chi connectivity index (χ4v) is 2.18. The van der Waals surface area contributed by atoms with E-state index in [0.717, 1.165) is 17.0 Å². The van der Waals surface area contributed by atoms with Gasteiger partial charge in [0.05, 0.1) is 10.7 Å². The Bertz CT molecular complexity index is 577. The molecule has 2 aromatic rings. The van der Waals surface area contributed by atoms with Gasteiger partial charge in [-0.15, -0.1) is 0 Å². The Hall–Kier alpha value is -1.69. The number of fused-ring (bicyclic) bond motifs is 1. The molecule has 18 heavy (non-hydrogen) atoms. The Morgan fingerprint density at radius 1 is 1.61 bits per heavy atom. The van der Waals surface area contributed by atoms with E-state index in [1.54, 1.807) is 6.20 Å². The highest BCUT2D eigenvalue weighted by Gasteiger charge is 2.15. The third-order valence-corrected chi connectivity index (χ3v) is 3.15. The zero-order valence-electron chi connectivity index (χ0n) is 10.8. The van der Waals surface area contributed by atoms with Crippen LogP contribution in [0.15, 0.2) is 18.5 Å². The molecule has 0 aliphatic heterocycles. The molecule has 2 N–H and O–H groups in total. The first kappa shape index (κ1) is 12.8. The van der Waals surface area contributed by atoms with Crippen molar-refractivity contribution in [3.63, 3.8) is 0 Å². The van der Waals surface area contributed by atoms with Gasteiger partial charge in [-0.05, 0) is 19.9 Å². The number of rotatable bonds is 4. The van der Waals surface area contributed by atoms with Crippen molar-refractivity contribution in [3.8, 4) is 0 Å². The van der Waals surface area contributed by atoms with E-state index in [1.807, 2.05) is 30.8 Å². The molecule has 0 saturated carbocycles. The molecule has 5 nitrogen and oxygen atoms in total. The van der Waals surface area contributed by atoms with Crippen LogP contribution in [0.3, 0.4) is 0 Å². The monoisotopic (exact) mass is 263 g/mol. The molecule has 1 unspecified atom stereocenters. The molecule has 0 aliphatic rings. The molecule has 0 radical (unpaired) electrons. The van der Waals surface area contributed by atoms with Crippen molar-refractivity contribution in [2.24, 2.45) is 5.73 Å². The van der Waals surface area contributed by atoms with Gasteiger partial charge in [-0.3, -0.25) is 0 Å². The largest absolute Gasteiger partial charge is 0.393 e. The molecule has 0 aromatic carbocycles. The van der Waals surface area contributed by atoms with Gasteiger partial charge in [-0.2, -0.15) is 5.10 Å². The number of hydrogen-bond donors (Lipinski definition) is 1. The summed E-state index contributed by atoms with van der Waals surface area (Å²) in [4.78, 5) is 7.03. The number of nitrogens with zero attached hydrogens (tertiary/aromatic N) is 4. The fourth-order valence-electron chi connectivity index (χ4n) is 1.94. The van der Waals surface area contributed by atoms with E-state index in [0.29, 0.717) is 11.4 Å². The summed E-state index contributed by atoms with van der Waals surface area (Å²) in [5.41, 5.74) is 7.56. The molecule has 0 aliphatic carbocycles. The second-order valence-electron chi connectivity index (χ2n) is 4.50. The predicted octanol–water partition coefficient (Wildman–Crippen LogP) is 1.54. The van der Waals surface area contributed by atoms with Crippen LogP contribution in [-0.2, 0) is 0 Å². The second kappa shape index (κ2) is 4.89. The first-order valence-electron chi connectivity index (χ1n) is 5.81. The van der Waals surface area contributed by atoms with Crippen molar-refractivity contribution >= 4 is 28.5 Å². The minimum Gasteiger partial charge on any atom is -0.393 e. The van der Waals surface area contributed by atoms with Crippen LogP contribution < -0.4 is 10.6 Å². The van der Waals surface area contributed by atoms with Gasteiger partial charge in [0, 0.05) is 31.9 Å². The maximum absolute atomic E-state index is 5.59. The van der Waals surface area contributed by atoms with Crippen molar-refractivity contribution in [1.82, 2.24) is 14.6 Å². The highest BCUT2D eigenvalue weighted by molar-refractivity contribution is 7.80. The number of aromatic nitrogens is 3. The highest BCUT2D eigenvalue weighted by atomic mass is 32.1. The van der Waals surface area contributed by atoms with Crippen molar-refractivity contribution in [1.29, 1.82) is 0 Å². The number of anilines is 1. The molecule has 0 saturated heterocycles. The molecule has 2 aromatic heterocycles. The first-order valence-corrected chi connectivity index (χ1v) is 6.22. The quantitative estimate of drug-likeness (QED) is 0.848. The van der Waals surface area contributed by atoms with Crippen LogP contribution in [0.1, 0.15) is 19.0 Å². The summed E-state index contributed by atoms with van der Waals surface area (Å²) in [5.74, 6) is 0.891. The van der Waals surface area contributed by atoms with Crippen molar-refractivity contribution in [2.45, 2.75) is 26.3 Å². The summed E-state index contributed by atoms with van der Waals surface area (Å²) in [5, 5.41) is 4.38. The Kier molecular flexibility index (Phi) is 3.47. The maximum atomic E-state index is 5.59. The van der Waals surface area contributed by atoms with Gasteiger partial charge in [0.25, 0.3) is 0 Å². The maximum Gasteiger partial charge on any atom is 0.154 e. The summed E-state index contributed by atoms with van der Waals surface area (Å²) >= 11 is 4.95. The van der Waals surface area contributed by atoms with Gasteiger partial charge in [0.1, 0.15) is 5.52 Å². The molecule has 0 amide bonds. The molecule has 96 valence electrons. The Morgan fingerprint density at radius 2 is 2.33 bits per heavy atom. The molecular formula is C12H17N5S. The van der Waals surface area contributed by atoms with Gasteiger partial charge in [-0.25, -0.2) is 9.50 Å². The minimum atomic E-state index is 0.205. The summed E-state index contributed by atoms with van der Waals surface area (Å²) < 4.78 is 1.83. The van der Waals surface area contributed by atoms with Gasteiger partial charge < -0.3 is 10.6 Å². The standard InChI is InChI=1S/C12H17N5S/c1-8-6-10-12(14-4-5-17(10)15-8)16(3)9(2)7-11(13)18/h4-6,9H,7H2,1-3H3,(H2,13,18). The molecule has 2 rings (SSSR count). The van der Waals surface area contributed by atoms with E-state index in [9.17, 15) is 0 Å². The molecule has 0 spiro atoms. The van der Waals surface area contributed by atoms with E-state index in [2.05, 4.69) is 21.9 Å². The van der Waals surface area contributed by atoms with Gasteiger partial charge >= 0.3 is 0 Å². The summed E-state index contributed by atoms with van der Waals surface area (Å²) in [7, 11) is 1.99. The van der Waals surface area contributed by atoms with Crippen molar-refractivity contribution < 1.29 is 0 Å². The van der Waals surface area contributed by atoms with Crippen LogP contribution in [0.2, 0.25) is 0 Å². The SMILES string of the molecule is Cc1cc2c(N(C)C(C)CC(N)=S)nccn2n1. The molecule has 0 bridgehead atoms. The summed E-state index contributed by atoms with van der Waals surface area (Å²) in [6.07, 6.45) is 4.26. The lowest BCUT2D eigenvalue weighted by molar-refractivity contribution is 0.704. The van der Waals surface area contributed by atoms with E-state index in [-0.39, 0.29) is 6.04 Å². The topological polar surface area (TPSA) is 59.5 Å². The Balaban J connectivity index is 2.37. The van der Waals surface area contributed by atoms with Gasteiger partial charge in [0.15, 0.2) is 5.82 Å². The van der Waals surface area contributed by atoms with Gasteiger partial charge in [-0.1, -0.05) is 12.2 Å². The number of thiocarbonyl (C=S) groups is 1. The van der Waals surface area contributed by atoms with Crippen LogP contribution in [0.5, 0.6) is 0 Å². The smallest absolute Gasteiger partial charge is 0.154 e. The number of hydrogen-bond acceptors (Lipinski definition) is 4. The fraction of sp³-hybridized carbons (Fsp3) is 0.417. The third-order valence-electron chi connectivity index (χ3n) is 2.98. The summed E-state index contributed by atoms with van der Waals surface area (Å²) in [6.45, 7) is 4.04. The van der Waals surface area contributed by atoms with Crippen molar-refractivity contribution in [3.05, 3.63) is 24.2 Å². The predicted molar refractivity (Wildman–Crippen MR) is 77.0 cm³/mol. The summed E-state index contributed by atoms with van der Waals surface area (Å²) in [6, 6.07) is 2.23. The van der Waals surface area contributed by atoms with E-state index >= 15 is 0 Å². The molecule has 0 fully saturated rings. The van der Waals surface area contributed by atoms with Crippen LogP contribution in [0, 0.1) is 6.92 Å². The van der Waals surface area contributed by atoms with Crippen LogP contribution in [-0.4, -0.2) is 32.7 Å². The number of nitrogens with two attached hydrogens (primary N) is 1. The minimum absolute atomic E-state index is 0.205. The second-order valence-corrected chi connectivity index (χ2v) is 5.02. The first-order chi connectivity index (χ1) is 8.49. The van der Waals surface area contributed by atoms with E-state index in [4.69, 9.17) is 18.0 Å². The average molecular weight is 263 g/mol. The Morgan fingerprint density at radius 3 is 3.00 bits per heavy atom. The third kappa shape index (κ3) is 2.43. The molecule has 2 heterocycles. The lowest BCUT2D eigenvalue weighted by Gasteiger charge is -2.25.